The van der Waals surface area contributed by atoms with Crippen LogP contribution in [-0.2, 0) is 11.3 Å². The Morgan fingerprint density at radius 2 is 2.11 bits per heavy atom. The van der Waals surface area contributed by atoms with E-state index in [0.29, 0.717) is 6.61 Å². The van der Waals surface area contributed by atoms with E-state index in [1.807, 2.05) is 30.3 Å². The summed E-state index contributed by atoms with van der Waals surface area (Å²) in [5.74, 6) is 0. The van der Waals surface area contributed by atoms with Crippen molar-refractivity contribution in [1.82, 2.24) is 0 Å². The number of rotatable bonds is 4. The summed E-state index contributed by atoms with van der Waals surface area (Å²) in [7, 11) is 0. The van der Waals surface area contributed by atoms with Gasteiger partial charge in [0.1, 0.15) is 0 Å². The zero-order valence-electron chi connectivity index (χ0n) is 10.3. The van der Waals surface area contributed by atoms with Gasteiger partial charge in [0, 0.05) is 11.0 Å². The molecule has 1 aromatic carbocycles. The molecule has 2 rings (SSSR count). The second-order valence-corrected chi connectivity index (χ2v) is 4.67. The van der Waals surface area contributed by atoms with E-state index in [9.17, 15) is 0 Å². The summed E-state index contributed by atoms with van der Waals surface area (Å²) in [6.45, 7) is 0.601. The third-order valence-electron chi connectivity index (χ3n) is 3.35. The van der Waals surface area contributed by atoms with Crippen molar-refractivity contribution in [2.45, 2.75) is 44.1 Å². The Labute approximate surface area is 107 Å². The Hall–Kier alpha value is -1.55. The fourth-order valence-corrected chi connectivity index (χ4v) is 2.27. The summed E-state index contributed by atoms with van der Waals surface area (Å²) in [5.41, 5.74) is 15.6. The van der Waals surface area contributed by atoms with Crippen molar-refractivity contribution in [3.8, 4) is 0 Å². The molecule has 0 unspecified atom stereocenters. The predicted molar refractivity (Wildman–Crippen MR) is 69.8 cm³/mol. The van der Waals surface area contributed by atoms with Crippen LogP contribution in [0, 0.1) is 0 Å². The zero-order chi connectivity index (χ0) is 12.8. The SMILES string of the molecule is [N-]=[N+]=N[C@H]1C[C@@H](OCc2ccccc2)CC[C@@H]1N. The van der Waals surface area contributed by atoms with Gasteiger partial charge in [-0.05, 0) is 30.4 Å². The summed E-state index contributed by atoms with van der Waals surface area (Å²) in [4.78, 5) is 2.85. The van der Waals surface area contributed by atoms with Gasteiger partial charge in [0.05, 0.1) is 18.8 Å². The van der Waals surface area contributed by atoms with E-state index in [1.165, 1.54) is 0 Å². The first kappa shape index (κ1) is 12.9. The third-order valence-corrected chi connectivity index (χ3v) is 3.35. The van der Waals surface area contributed by atoms with Crippen LogP contribution in [0.5, 0.6) is 0 Å². The first-order chi connectivity index (χ1) is 8.79. The third kappa shape index (κ3) is 3.47. The van der Waals surface area contributed by atoms with Crippen LogP contribution in [0.2, 0.25) is 0 Å². The summed E-state index contributed by atoms with van der Waals surface area (Å²) in [6.07, 6.45) is 2.65. The standard InChI is InChI=1S/C13H18N4O/c14-12-7-6-11(8-13(12)16-17-15)18-9-10-4-2-1-3-5-10/h1-5,11-13H,6-9,14H2/t11-,12-,13-/m0/s1. The van der Waals surface area contributed by atoms with Crippen molar-refractivity contribution in [3.63, 3.8) is 0 Å². The molecule has 5 heteroatoms. The normalized spacial score (nSPS) is 27.5. The van der Waals surface area contributed by atoms with E-state index in [-0.39, 0.29) is 18.2 Å². The predicted octanol–water partition coefficient (Wildman–Crippen LogP) is 2.76. The lowest BCUT2D eigenvalue weighted by Gasteiger charge is -2.31. The van der Waals surface area contributed by atoms with Gasteiger partial charge >= 0.3 is 0 Å². The molecule has 0 saturated heterocycles. The van der Waals surface area contributed by atoms with Gasteiger partial charge < -0.3 is 10.5 Å². The fraction of sp³-hybridized carbons (Fsp3) is 0.538. The van der Waals surface area contributed by atoms with Crippen molar-refractivity contribution in [2.24, 2.45) is 10.8 Å². The molecule has 1 aliphatic carbocycles. The number of hydrogen-bond donors (Lipinski definition) is 1. The minimum Gasteiger partial charge on any atom is -0.374 e. The van der Waals surface area contributed by atoms with Crippen molar-refractivity contribution in [1.29, 1.82) is 0 Å². The second-order valence-electron chi connectivity index (χ2n) is 4.67. The maximum atomic E-state index is 8.49. The molecular formula is C13H18N4O. The minimum atomic E-state index is -0.135. The van der Waals surface area contributed by atoms with Crippen molar-refractivity contribution < 1.29 is 4.74 Å². The maximum absolute atomic E-state index is 8.49. The number of benzene rings is 1. The Kier molecular flexibility index (Phi) is 4.59. The Balaban J connectivity index is 1.85. The zero-order valence-corrected chi connectivity index (χ0v) is 10.3. The number of nitrogens with zero attached hydrogens (tertiary/aromatic N) is 3. The Bertz CT molecular complexity index is 416. The molecule has 0 heterocycles. The van der Waals surface area contributed by atoms with Gasteiger partial charge in [0.25, 0.3) is 0 Å². The molecule has 1 saturated carbocycles. The molecule has 2 N–H and O–H groups in total. The highest BCUT2D eigenvalue weighted by molar-refractivity contribution is 5.13. The van der Waals surface area contributed by atoms with E-state index < -0.39 is 0 Å². The van der Waals surface area contributed by atoms with Crippen molar-refractivity contribution in [2.75, 3.05) is 0 Å². The van der Waals surface area contributed by atoms with Crippen molar-refractivity contribution in [3.05, 3.63) is 46.3 Å². The average Bonchev–Trinajstić information content (AvgIpc) is 2.41. The van der Waals surface area contributed by atoms with Crippen LogP contribution >= 0.6 is 0 Å². The van der Waals surface area contributed by atoms with Crippen LogP contribution in [-0.4, -0.2) is 18.2 Å². The Morgan fingerprint density at radius 1 is 1.33 bits per heavy atom. The lowest BCUT2D eigenvalue weighted by atomic mass is 9.89. The lowest BCUT2D eigenvalue weighted by Crippen LogP contribution is -2.41. The molecule has 0 bridgehead atoms. The van der Waals surface area contributed by atoms with Crippen LogP contribution < -0.4 is 5.73 Å². The Morgan fingerprint density at radius 3 is 2.83 bits per heavy atom. The van der Waals surface area contributed by atoms with E-state index in [2.05, 4.69) is 10.0 Å². The molecule has 0 aliphatic heterocycles. The molecular weight excluding hydrogens is 228 g/mol. The highest BCUT2D eigenvalue weighted by Gasteiger charge is 2.27. The number of nitrogens with two attached hydrogens (primary N) is 1. The van der Waals surface area contributed by atoms with Crippen LogP contribution in [0.15, 0.2) is 35.4 Å². The number of ether oxygens (including phenoxy) is 1. The van der Waals surface area contributed by atoms with Crippen LogP contribution in [0.3, 0.4) is 0 Å². The lowest BCUT2D eigenvalue weighted by molar-refractivity contribution is 0.00871. The van der Waals surface area contributed by atoms with E-state index in [0.717, 1.165) is 24.8 Å². The van der Waals surface area contributed by atoms with E-state index >= 15 is 0 Å². The molecule has 18 heavy (non-hydrogen) atoms. The van der Waals surface area contributed by atoms with Gasteiger partial charge in [0.15, 0.2) is 0 Å². The van der Waals surface area contributed by atoms with E-state index in [1.54, 1.807) is 0 Å². The maximum Gasteiger partial charge on any atom is 0.0720 e. The fourth-order valence-electron chi connectivity index (χ4n) is 2.27. The molecule has 0 amide bonds. The van der Waals surface area contributed by atoms with Crippen molar-refractivity contribution >= 4 is 0 Å². The van der Waals surface area contributed by atoms with Gasteiger partial charge in [-0.15, -0.1) is 0 Å². The van der Waals surface area contributed by atoms with Crippen LogP contribution in [0.1, 0.15) is 24.8 Å². The number of hydrogen-bond acceptors (Lipinski definition) is 3. The molecule has 1 aliphatic rings. The summed E-state index contributed by atoms with van der Waals surface area (Å²) in [6, 6.07) is 9.90. The smallest absolute Gasteiger partial charge is 0.0720 e. The van der Waals surface area contributed by atoms with E-state index in [4.69, 9.17) is 16.0 Å². The molecule has 3 atom stereocenters. The van der Waals surface area contributed by atoms with Gasteiger partial charge in [-0.3, -0.25) is 0 Å². The highest BCUT2D eigenvalue weighted by Crippen LogP contribution is 2.24. The summed E-state index contributed by atoms with van der Waals surface area (Å²) >= 11 is 0. The molecule has 1 fully saturated rings. The molecule has 1 aromatic rings. The van der Waals surface area contributed by atoms with Gasteiger partial charge in [-0.2, -0.15) is 0 Å². The first-order valence-electron chi connectivity index (χ1n) is 6.25. The summed E-state index contributed by atoms with van der Waals surface area (Å²) in [5, 5.41) is 3.75. The highest BCUT2D eigenvalue weighted by atomic mass is 16.5. The van der Waals surface area contributed by atoms with Crippen LogP contribution in [0.4, 0.5) is 0 Å². The average molecular weight is 246 g/mol. The van der Waals surface area contributed by atoms with Gasteiger partial charge in [-0.25, -0.2) is 0 Å². The molecule has 0 radical (unpaired) electrons. The molecule has 5 nitrogen and oxygen atoms in total. The summed E-state index contributed by atoms with van der Waals surface area (Å²) < 4.78 is 5.86. The van der Waals surface area contributed by atoms with Gasteiger partial charge in [-0.1, -0.05) is 35.4 Å². The number of azide groups is 1. The van der Waals surface area contributed by atoms with Gasteiger partial charge in [0.2, 0.25) is 0 Å². The first-order valence-corrected chi connectivity index (χ1v) is 6.25. The molecule has 0 aromatic heterocycles. The topological polar surface area (TPSA) is 84.0 Å². The quantitative estimate of drug-likeness (QED) is 0.503. The second kappa shape index (κ2) is 6.40. The molecule has 96 valence electrons. The molecule has 0 spiro atoms. The van der Waals surface area contributed by atoms with Crippen LogP contribution in [0.25, 0.3) is 10.4 Å². The monoisotopic (exact) mass is 246 g/mol. The largest absolute Gasteiger partial charge is 0.374 e. The minimum absolute atomic E-state index is 0.0301.